The zero-order chi connectivity index (χ0) is 25.3. The fourth-order valence-corrected chi connectivity index (χ4v) is 4.11. The molecule has 3 N–H and O–H groups in total. The second-order valence-electron chi connectivity index (χ2n) is 10.0. The summed E-state index contributed by atoms with van der Waals surface area (Å²) in [5.74, 6) is 1.32. The number of fused-ring (bicyclic) bond motifs is 1. The van der Waals surface area contributed by atoms with E-state index in [-0.39, 0.29) is 11.4 Å². The molecule has 0 unspecified atom stereocenters. The first-order valence-corrected chi connectivity index (χ1v) is 12.1. The van der Waals surface area contributed by atoms with E-state index >= 15 is 0 Å². The summed E-state index contributed by atoms with van der Waals surface area (Å²) in [5, 5.41) is 18.6. The normalized spacial score (nSPS) is 13.3. The first kappa shape index (κ1) is 23.7. The minimum absolute atomic E-state index is 0.141. The van der Waals surface area contributed by atoms with Crippen molar-refractivity contribution in [2.45, 2.75) is 52.9 Å². The quantitative estimate of drug-likeness (QED) is 0.384. The number of hydrogen-bond acceptors (Lipinski definition) is 7. The number of nitrogens with zero attached hydrogens (tertiary/aromatic N) is 6. The molecule has 0 aliphatic carbocycles. The van der Waals surface area contributed by atoms with Gasteiger partial charge in [0.1, 0.15) is 12.1 Å². The summed E-state index contributed by atoms with van der Waals surface area (Å²) in [6.45, 7) is 11.2. The fourth-order valence-electron chi connectivity index (χ4n) is 4.11. The molecule has 5 rings (SSSR count). The lowest BCUT2D eigenvalue weighted by Gasteiger charge is -2.18. The van der Waals surface area contributed by atoms with Crippen LogP contribution in [0.1, 0.15) is 48.0 Å². The molecule has 0 bridgehead atoms. The number of nitrogens with one attached hydrogen (secondary N) is 3. The highest BCUT2D eigenvalue weighted by Crippen LogP contribution is 2.24. The third-order valence-electron chi connectivity index (χ3n) is 6.20. The van der Waals surface area contributed by atoms with Crippen molar-refractivity contribution in [1.29, 1.82) is 0 Å². The van der Waals surface area contributed by atoms with Gasteiger partial charge in [-0.05, 0) is 44.9 Å². The van der Waals surface area contributed by atoms with Gasteiger partial charge in [-0.2, -0.15) is 10.2 Å². The van der Waals surface area contributed by atoms with E-state index in [1.807, 2.05) is 56.6 Å². The van der Waals surface area contributed by atoms with Crippen LogP contribution in [0.4, 0.5) is 11.6 Å². The SMILES string of the molecule is Cc1cc(-c2cc(Nc3cc4n(n3)CCNC4)ncn2)ccc1CNC(=O)c1cnn(C(C)(C)C)c1. The Morgan fingerprint density at radius 1 is 1.14 bits per heavy atom. The summed E-state index contributed by atoms with van der Waals surface area (Å²) in [6.07, 6.45) is 4.94. The number of rotatable bonds is 6. The number of amides is 1. The van der Waals surface area contributed by atoms with Gasteiger partial charge in [0, 0.05) is 43.5 Å². The van der Waals surface area contributed by atoms with E-state index in [1.165, 1.54) is 0 Å². The number of carbonyl (C=O) groups excluding carboxylic acids is 1. The molecule has 1 aliphatic heterocycles. The summed E-state index contributed by atoms with van der Waals surface area (Å²) < 4.78 is 3.81. The molecule has 36 heavy (non-hydrogen) atoms. The van der Waals surface area contributed by atoms with Gasteiger partial charge in [-0.25, -0.2) is 9.97 Å². The molecule has 1 aliphatic rings. The molecule has 0 radical (unpaired) electrons. The molecule has 4 aromatic rings. The summed E-state index contributed by atoms with van der Waals surface area (Å²) in [4.78, 5) is 21.4. The lowest BCUT2D eigenvalue weighted by atomic mass is 10.0. The monoisotopic (exact) mass is 485 g/mol. The fraction of sp³-hybridized carbons (Fsp3) is 0.346. The van der Waals surface area contributed by atoms with Gasteiger partial charge in [0.2, 0.25) is 0 Å². The Morgan fingerprint density at radius 3 is 2.75 bits per heavy atom. The van der Waals surface area contributed by atoms with Crippen LogP contribution in [-0.4, -0.2) is 42.0 Å². The van der Waals surface area contributed by atoms with E-state index in [4.69, 9.17) is 0 Å². The molecular weight excluding hydrogens is 454 g/mol. The van der Waals surface area contributed by atoms with Crippen LogP contribution in [0.2, 0.25) is 0 Å². The maximum atomic E-state index is 12.6. The number of anilines is 2. The highest BCUT2D eigenvalue weighted by atomic mass is 16.1. The van der Waals surface area contributed by atoms with E-state index in [9.17, 15) is 4.79 Å². The van der Waals surface area contributed by atoms with Gasteiger partial charge < -0.3 is 16.0 Å². The zero-order valence-electron chi connectivity index (χ0n) is 21.0. The van der Waals surface area contributed by atoms with Gasteiger partial charge in [0.25, 0.3) is 5.91 Å². The van der Waals surface area contributed by atoms with Crippen molar-refractivity contribution in [3.05, 3.63) is 71.4 Å². The number of aryl methyl sites for hydroxylation is 1. The van der Waals surface area contributed by atoms with Crippen LogP contribution < -0.4 is 16.0 Å². The minimum Gasteiger partial charge on any atom is -0.348 e. The number of aromatic nitrogens is 6. The van der Waals surface area contributed by atoms with Crippen molar-refractivity contribution in [2.24, 2.45) is 0 Å². The molecule has 10 heteroatoms. The van der Waals surface area contributed by atoms with Crippen LogP contribution in [0.15, 0.2) is 49.1 Å². The molecule has 3 aromatic heterocycles. The van der Waals surface area contributed by atoms with Crippen molar-refractivity contribution in [3.63, 3.8) is 0 Å². The second kappa shape index (κ2) is 9.54. The van der Waals surface area contributed by atoms with E-state index in [2.05, 4.69) is 42.2 Å². The summed E-state index contributed by atoms with van der Waals surface area (Å²) in [6, 6.07) is 10.1. The molecule has 0 saturated carbocycles. The van der Waals surface area contributed by atoms with Crippen LogP contribution in [0.3, 0.4) is 0 Å². The van der Waals surface area contributed by atoms with Gasteiger partial charge in [0.05, 0.1) is 35.2 Å². The number of carbonyl (C=O) groups is 1. The highest BCUT2D eigenvalue weighted by Gasteiger charge is 2.17. The first-order chi connectivity index (χ1) is 17.3. The standard InChI is InChI=1S/C26H31N9O/c1-17-9-18(5-6-19(17)12-28-25(36)20-13-31-35(15-20)26(2,3)4)22-11-23(30-16-29-22)32-24-10-21-14-27-7-8-34(21)33-24/h5-6,9-11,13,15-16,27H,7-8,12,14H2,1-4H3,(H,28,36)(H,29,30,32,33). The molecule has 0 saturated heterocycles. The van der Waals surface area contributed by atoms with Gasteiger partial charge in [0.15, 0.2) is 5.82 Å². The smallest absolute Gasteiger partial charge is 0.254 e. The molecular formula is C26H31N9O. The molecule has 186 valence electrons. The average molecular weight is 486 g/mol. The molecule has 0 spiro atoms. The van der Waals surface area contributed by atoms with Crippen LogP contribution in [-0.2, 0) is 25.2 Å². The summed E-state index contributed by atoms with van der Waals surface area (Å²) >= 11 is 0. The Labute approximate surface area is 210 Å². The van der Waals surface area contributed by atoms with Gasteiger partial charge in [-0.3, -0.25) is 14.2 Å². The second-order valence-corrected chi connectivity index (χ2v) is 10.0. The molecule has 0 atom stereocenters. The largest absolute Gasteiger partial charge is 0.348 e. The Bertz CT molecular complexity index is 1370. The highest BCUT2D eigenvalue weighted by molar-refractivity contribution is 5.93. The van der Waals surface area contributed by atoms with Crippen LogP contribution in [0.5, 0.6) is 0 Å². The van der Waals surface area contributed by atoms with E-state index < -0.39 is 0 Å². The summed E-state index contributed by atoms with van der Waals surface area (Å²) in [5.41, 5.74) is 5.44. The van der Waals surface area contributed by atoms with Crippen molar-refractivity contribution in [2.75, 3.05) is 11.9 Å². The number of benzene rings is 1. The van der Waals surface area contributed by atoms with Gasteiger partial charge in [-0.15, -0.1) is 0 Å². The zero-order valence-corrected chi connectivity index (χ0v) is 21.0. The van der Waals surface area contributed by atoms with E-state index in [0.717, 1.165) is 53.5 Å². The van der Waals surface area contributed by atoms with Gasteiger partial charge in [-0.1, -0.05) is 12.1 Å². The maximum absolute atomic E-state index is 12.6. The lowest BCUT2D eigenvalue weighted by molar-refractivity contribution is 0.0950. The lowest BCUT2D eigenvalue weighted by Crippen LogP contribution is -2.28. The number of hydrogen-bond donors (Lipinski definition) is 3. The van der Waals surface area contributed by atoms with Gasteiger partial charge >= 0.3 is 0 Å². The molecule has 4 heterocycles. The Kier molecular flexibility index (Phi) is 6.27. The topological polar surface area (TPSA) is 115 Å². The van der Waals surface area contributed by atoms with Crippen LogP contribution >= 0.6 is 0 Å². The van der Waals surface area contributed by atoms with Crippen LogP contribution in [0, 0.1) is 6.92 Å². The average Bonchev–Trinajstić information content (AvgIpc) is 3.50. The molecule has 1 aromatic carbocycles. The first-order valence-electron chi connectivity index (χ1n) is 12.1. The van der Waals surface area contributed by atoms with Crippen molar-refractivity contribution < 1.29 is 4.79 Å². The Morgan fingerprint density at radius 2 is 2.00 bits per heavy atom. The molecule has 0 fully saturated rings. The third kappa shape index (κ3) is 5.13. The van der Waals surface area contributed by atoms with Crippen molar-refractivity contribution in [3.8, 4) is 11.3 Å². The third-order valence-corrected chi connectivity index (χ3v) is 6.20. The maximum Gasteiger partial charge on any atom is 0.254 e. The van der Waals surface area contributed by atoms with E-state index in [1.54, 1.807) is 23.4 Å². The molecule has 1 amide bonds. The Balaban J connectivity index is 1.25. The van der Waals surface area contributed by atoms with Crippen LogP contribution in [0.25, 0.3) is 11.3 Å². The van der Waals surface area contributed by atoms with E-state index in [0.29, 0.717) is 17.9 Å². The Hall–Kier alpha value is -4.05. The predicted molar refractivity (Wildman–Crippen MR) is 138 cm³/mol. The summed E-state index contributed by atoms with van der Waals surface area (Å²) in [7, 11) is 0. The van der Waals surface area contributed by atoms with Crippen molar-refractivity contribution in [1.82, 2.24) is 40.2 Å². The predicted octanol–water partition coefficient (Wildman–Crippen LogP) is 3.38. The van der Waals surface area contributed by atoms with Crippen molar-refractivity contribution >= 4 is 17.5 Å². The minimum atomic E-state index is -0.170. The molecule has 10 nitrogen and oxygen atoms in total.